The second-order valence-corrected chi connectivity index (χ2v) is 19.8. The number of aliphatic carboxylic acids is 1. The number of likely N-dealkylation sites (N-methyl/N-ethyl adjacent to an activating group) is 1. The number of ether oxygens (including phenoxy) is 8. The number of rotatable bonds is 13. The number of hydrogen-bond donors (Lipinski definition) is 12. The second kappa shape index (κ2) is 22.3. The van der Waals surface area contributed by atoms with Crippen LogP contribution >= 0.6 is 0 Å². The highest BCUT2D eigenvalue weighted by molar-refractivity contribution is 6.31. The predicted octanol–water partition coefficient (Wildman–Crippen LogP) is -0.0992. The largest absolute Gasteiger partial charge is 0.507 e. The molecule has 2 amide bonds. The van der Waals surface area contributed by atoms with Gasteiger partial charge in [-0.3, -0.25) is 19.2 Å². The summed E-state index contributed by atoms with van der Waals surface area (Å²) in [7, 11) is 2.53. The van der Waals surface area contributed by atoms with Crippen LogP contribution in [0.2, 0.25) is 0 Å². The van der Waals surface area contributed by atoms with Gasteiger partial charge in [-0.1, -0.05) is 36.4 Å². The van der Waals surface area contributed by atoms with Gasteiger partial charge in [0.15, 0.2) is 30.4 Å². The number of phenols is 3. The van der Waals surface area contributed by atoms with Crippen molar-refractivity contribution in [1.29, 1.82) is 0 Å². The van der Waals surface area contributed by atoms with E-state index in [0.29, 0.717) is 5.56 Å². The number of carbonyl (C=O) groups is 5. The van der Waals surface area contributed by atoms with Gasteiger partial charge in [-0.25, -0.2) is 4.79 Å². The summed E-state index contributed by atoms with van der Waals surface area (Å²) < 4.78 is 47.1. The number of aliphatic hydroxyl groups is 7. The normalized spacial score (nSPS) is 30.5. The molecule has 0 bridgehead atoms. The Kier molecular flexibility index (Phi) is 16.1. The number of methoxy groups -OCH3 is 1. The van der Waals surface area contributed by atoms with E-state index < -0.39 is 197 Å². The van der Waals surface area contributed by atoms with Gasteiger partial charge < -0.3 is 104 Å². The summed E-state index contributed by atoms with van der Waals surface area (Å²) in [6, 6.07) is 10.2. The standard InChI is InChI=1S/C53H58N2O24/c1-18-11-26-33(41(64)30(18)48(68)54-19(2)49(69)70)32-24(14-25-34(42(32)65)37(60)23-12-22(72-5)13-27(56)31(23)36(25)59)38(61)45(26)77-51-44(67)46(35(20(3)76-51)55(4)53(71)75-15-21-9-7-6-8-10-21)78-52-47(40(63)29(58)17-74-52)79-50-43(66)39(62)28(57)16-73-50/h6-14,19-20,28-29,35,38-40,43-47,50-52,56-58,61-67H,15-17H2,1-5H3,(H,54,68)(H,69,70)/t19-,20-,28-,29-,35+,38+,39+,40+,43-,44-,45+,46+,47-,50+,51+,52+/m1/s1. The third kappa shape index (κ3) is 10.2. The molecule has 3 heterocycles. The number of hydrogen-bond acceptors (Lipinski definition) is 23. The van der Waals surface area contributed by atoms with Crippen LogP contribution in [0.1, 0.15) is 90.5 Å². The zero-order valence-corrected chi connectivity index (χ0v) is 42.7. The highest BCUT2D eigenvalue weighted by Gasteiger charge is 2.55. The number of fused-ring (bicyclic) bond motifs is 5. The molecule has 26 nitrogen and oxygen atoms in total. The number of nitrogens with zero attached hydrogens (tertiary/aromatic N) is 1. The van der Waals surface area contributed by atoms with E-state index in [1.165, 1.54) is 34.1 Å². The van der Waals surface area contributed by atoms with Crippen LogP contribution in [0.3, 0.4) is 0 Å². The minimum Gasteiger partial charge on any atom is -0.507 e. The summed E-state index contributed by atoms with van der Waals surface area (Å²) in [4.78, 5) is 69.2. The first-order valence-electron chi connectivity index (χ1n) is 24.8. The number of nitrogens with one attached hydrogen (secondary N) is 1. The zero-order valence-electron chi connectivity index (χ0n) is 42.7. The predicted molar refractivity (Wildman–Crippen MR) is 263 cm³/mol. The quantitative estimate of drug-likeness (QED) is 0.0732. The van der Waals surface area contributed by atoms with Crippen LogP contribution in [0.15, 0.2) is 54.6 Å². The number of aryl methyl sites for hydroxylation is 1. The first-order chi connectivity index (χ1) is 37.4. The Balaban J connectivity index is 1.13. The first kappa shape index (κ1) is 56.8. The van der Waals surface area contributed by atoms with E-state index in [9.17, 15) is 80.1 Å². The van der Waals surface area contributed by atoms with Gasteiger partial charge in [0.05, 0.1) is 49.2 Å². The lowest BCUT2D eigenvalue weighted by atomic mass is 9.74. The number of carbonyl (C=O) groups excluding carboxylic acids is 4. The van der Waals surface area contributed by atoms with Crippen molar-refractivity contribution >= 4 is 29.5 Å². The van der Waals surface area contributed by atoms with Gasteiger partial charge in [0, 0.05) is 35.4 Å². The van der Waals surface area contributed by atoms with Crippen molar-refractivity contribution in [2.45, 2.75) is 125 Å². The van der Waals surface area contributed by atoms with E-state index in [0.717, 1.165) is 30.0 Å². The van der Waals surface area contributed by atoms with Gasteiger partial charge >= 0.3 is 12.1 Å². The summed E-state index contributed by atoms with van der Waals surface area (Å²) in [6.07, 6.45) is -26.2. The highest BCUT2D eigenvalue weighted by Crippen LogP contribution is 2.57. The van der Waals surface area contributed by atoms with Crippen LogP contribution in [-0.4, -0.2) is 204 Å². The van der Waals surface area contributed by atoms with Crippen LogP contribution in [0.25, 0.3) is 11.1 Å². The lowest BCUT2D eigenvalue weighted by molar-refractivity contribution is -0.369. The van der Waals surface area contributed by atoms with Crippen LogP contribution in [0, 0.1) is 6.92 Å². The van der Waals surface area contributed by atoms with Crippen molar-refractivity contribution in [2.24, 2.45) is 0 Å². The Morgan fingerprint density at radius 1 is 0.734 bits per heavy atom. The van der Waals surface area contributed by atoms with E-state index in [4.69, 9.17) is 37.9 Å². The minimum absolute atomic E-state index is 0.0274. The van der Waals surface area contributed by atoms with E-state index in [2.05, 4.69) is 5.32 Å². The van der Waals surface area contributed by atoms with Gasteiger partial charge in [0.2, 0.25) is 0 Å². The number of carboxylic acids is 1. The van der Waals surface area contributed by atoms with E-state index in [-0.39, 0.29) is 29.0 Å². The van der Waals surface area contributed by atoms with Gasteiger partial charge in [-0.2, -0.15) is 0 Å². The van der Waals surface area contributed by atoms with Gasteiger partial charge in [0.25, 0.3) is 5.91 Å². The van der Waals surface area contributed by atoms with Crippen molar-refractivity contribution in [3.05, 3.63) is 105 Å². The average molecular weight is 1110 g/mol. The lowest BCUT2D eigenvalue weighted by Gasteiger charge is -2.49. The summed E-state index contributed by atoms with van der Waals surface area (Å²) >= 11 is 0. The van der Waals surface area contributed by atoms with Crippen LogP contribution in [0.4, 0.5) is 4.79 Å². The van der Waals surface area contributed by atoms with Gasteiger partial charge in [0.1, 0.15) is 96.7 Å². The third-order valence-electron chi connectivity index (χ3n) is 14.7. The molecule has 0 spiro atoms. The maximum absolute atomic E-state index is 14.3. The van der Waals surface area contributed by atoms with Crippen molar-refractivity contribution < 1.29 is 118 Å². The number of benzene rings is 4. The fourth-order valence-corrected chi connectivity index (χ4v) is 10.5. The molecule has 0 unspecified atom stereocenters. The molecule has 424 valence electrons. The Morgan fingerprint density at radius 3 is 2.03 bits per heavy atom. The van der Waals surface area contributed by atoms with Crippen molar-refractivity contribution in [3.63, 3.8) is 0 Å². The number of phenolic OH excluding ortho intramolecular Hbond substituents is 3. The number of amides is 2. The maximum Gasteiger partial charge on any atom is 0.410 e. The molecular formula is C53H58N2O24. The summed E-state index contributed by atoms with van der Waals surface area (Å²) in [5.74, 6) is -7.13. The lowest BCUT2D eigenvalue weighted by Crippen LogP contribution is -2.67. The molecule has 12 N–H and O–H groups in total. The molecule has 0 aromatic heterocycles. The van der Waals surface area contributed by atoms with Crippen LogP contribution in [0.5, 0.6) is 23.0 Å². The molecule has 79 heavy (non-hydrogen) atoms. The molecule has 26 heteroatoms. The SMILES string of the molecule is COc1cc(O)c2c(c1)C(=O)c1c(cc3c(c1O)-c1c(cc(C)c(C(=O)N[C@H](C)C(=O)O)c1O)[C@H](O[C@@H]1O[C@H](C)[C@H](N(C)C(=O)OCc4ccccc4)[C@H](O[C@@H]4OC[C@@H](O)[C@H](O)[C@H]4O[C@@H]4OC[C@@H](O)[C@H](O)[C@H]4O)[C@H]1O)[C@H]3O)C2=O. The van der Waals surface area contributed by atoms with Crippen LogP contribution < -0.4 is 10.1 Å². The summed E-state index contributed by atoms with van der Waals surface area (Å²) in [5.41, 5.74) is -3.57. The van der Waals surface area contributed by atoms with Crippen LogP contribution in [-0.2, 0) is 44.6 Å². The van der Waals surface area contributed by atoms with Crippen molar-refractivity contribution in [2.75, 3.05) is 27.4 Å². The summed E-state index contributed by atoms with van der Waals surface area (Å²) in [6.45, 7) is 2.58. The first-order valence-corrected chi connectivity index (χ1v) is 24.8. The average Bonchev–Trinajstić information content (AvgIpc) is 3.57. The zero-order chi connectivity index (χ0) is 57.2. The number of aromatic hydroxyl groups is 3. The fourth-order valence-electron chi connectivity index (χ4n) is 10.5. The molecule has 4 aromatic rings. The number of aliphatic hydroxyl groups excluding tert-OH is 7. The maximum atomic E-state index is 14.3. The molecule has 0 saturated carbocycles. The molecule has 4 aromatic carbocycles. The molecule has 16 atom stereocenters. The molecule has 9 rings (SSSR count). The fraction of sp³-hybridized carbons (Fsp3) is 0.453. The smallest absolute Gasteiger partial charge is 0.410 e. The molecule has 3 fully saturated rings. The molecule has 3 saturated heterocycles. The highest BCUT2D eigenvalue weighted by atomic mass is 16.8. The van der Waals surface area contributed by atoms with E-state index in [1.807, 2.05) is 0 Å². The van der Waals surface area contributed by atoms with Gasteiger partial charge in [-0.15, -0.1) is 0 Å². The Morgan fingerprint density at radius 2 is 1.35 bits per heavy atom. The van der Waals surface area contributed by atoms with Crippen molar-refractivity contribution in [3.8, 4) is 34.1 Å². The molecule has 3 aliphatic heterocycles. The van der Waals surface area contributed by atoms with Crippen molar-refractivity contribution in [1.82, 2.24) is 10.2 Å². The second-order valence-electron chi connectivity index (χ2n) is 19.8. The van der Waals surface area contributed by atoms with Gasteiger partial charge in [-0.05, 0) is 55.2 Å². The third-order valence-corrected chi connectivity index (χ3v) is 14.7. The number of carboxylic acid groups (broad SMARTS) is 1. The molecule has 0 radical (unpaired) electrons. The molecular weight excluding hydrogens is 1050 g/mol. The van der Waals surface area contributed by atoms with E-state index >= 15 is 0 Å². The Labute approximate surface area is 448 Å². The Hall–Kier alpha value is -6.89. The summed E-state index contributed by atoms with van der Waals surface area (Å²) in [5, 5.41) is 126. The topological polar surface area (TPSA) is 397 Å². The molecule has 5 aliphatic rings. The number of ketones is 2. The minimum atomic E-state index is -2.12. The molecule has 2 aliphatic carbocycles. The van der Waals surface area contributed by atoms with E-state index in [1.54, 1.807) is 30.3 Å². The monoisotopic (exact) mass is 1110 g/mol. The Bertz CT molecular complexity index is 3050.